The molecule has 0 radical (unpaired) electrons. The second kappa shape index (κ2) is 6.35. The molecule has 1 aromatic carbocycles. The molecule has 0 saturated heterocycles. The largest absolute Gasteiger partial charge is 0.478 e. The number of hydrogen-bond donors (Lipinski definition) is 2. The van der Waals surface area contributed by atoms with Crippen molar-refractivity contribution in [3.05, 3.63) is 59.0 Å². The zero-order valence-electron chi connectivity index (χ0n) is 11.9. The summed E-state index contributed by atoms with van der Waals surface area (Å²) >= 11 is 0. The third-order valence-electron chi connectivity index (χ3n) is 3.22. The Morgan fingerprint density at radius 2 is 2.10 bits per heavy atom. The van der Waals surface area contributed by atoms with E-state index >= 15 is 0 Å². The zero-order valence-corrected chi connectivity index (χ0v) is 11.9. The van der Waals surface area contributed by atoms with Gasteiger partial charge < -0.3 is 10.4 Å². The molecule has 2 rings (SSSR count). The lowest BCUT2D eigenvalue weighted by molar-refractivity contribution is 0.0696. The van der Waals surface area contributed by atoms with Crippen LogP contribution in [0.15, 0.2) is 36.4 Å². The van der Waals surface area contributed by atoms with E-state index in [-0.39, 0.29) is 17.4 Å². The number of halogens is 1. The molecule has 2 aromatic rings. The summed E-state index contributed by atoms with van der Waals surface area (Å²) in [6.45, 7) is 3.71. The Bertz CT molecular complexity index is 658. The highest BCUT2D eigenvalue weighted by atomic mass is 19.1. The van der Waals surface area contributed by atoms with Crippen molar-refractivity contribution in [2.45, 2.75) is 26.3 Å². The molecule has 1 aromatic heterocycles. The van der Waals surface area contributed by atoms with E-state index in [1.54, 1.807) is 31.2 Å². The van der Waals surface area contributed by atoms with Crippen LogP contribution in [0.2, 0.25) is 0 Å². The fourth-order valence-electron chi connectivity index (χ4n) is 2.09. The smallest absolute Gasteiger partial charge is 0.335 e. The lowest BCUT2D eigenvalue weighted by Gasteiger charge is -2.16. The Kier molecular flexibility index (Phi) is 4.52. The fraction of sp³-hybridized carbons (Fsp3) is 0.250. The van der Waals surface area contributed by atoms with E-state index in [0.717, 1.165) is 0 Å². The Morgan fingerprint density at radius 1 is 1.38 bits per heavy atom. The van der Waals surface area contributed by atoms with Crippen molar-refractivity contribution >= 4 is 11.8 Å². The van der Waals surface area contributed by atoms with Gasteiger partial charge >= 0.3 is 5.97 Å². The van der Waals surface area contributed by atoms with E-state index in [1.165, 1.54) is 12.1 Å². The first-order chi connectivity index (χ1) is 10.0. The number of aromatic nitrogens is 1. The van der Waals surface area contributed by atoms with E-state index < -0.39 is 5.97 Å². The van der Waals surface area contributed by atoms with E-state index in [2.05, 4.69) is 10.3 Å². The van der Waals surface area contributed by atoms with Crippen LogP contribution in [0.5, 0.6) is 0 Å². The van der Waals surface area contributed by atoms with Crippen molar-refractivity contribution in [2.75, 3.05) is 5.32 Å². The van der Waals surface area contributed by atoms with Gasteiger partial charge in [0.05, 0.1) is 11.6 Å². The highest BCUT2D eigenvalue weighted by Gasteiger charge is 2.13. The average molecular weight is 288 g/mol. The van der Waals surface area contributed by atoms with Crippen molar-refractivity contribution in [1.29, 1.82) is 0 Å². The molecular formula is C16H17FN2O2. The van der Waals surface area contributed by atoms with E-state index in [1.807, 2.05) is 6.92 Å². The number of carbonyl (C=O) groups is 1. The SMILES string of the molecule is CCc1cc(C(=O)O)cc(NC(C)c2ccccc2F)n1. The van der Waals surface area contributed by atoms with E-state index in [4.69, 9.17) is 5.11 Å². The zero-order chi connectivity index (χ0) is 15.4. The monoisotopic (exact) mass is 288 g/mol. The number of hydrogen-bond acceptors (Lipinski definition) is 3. The third-order valence-corrected chi connectivity index (χ3v) is 3.22. The predicted molar refractivity (Wildman–Crippen MR) is 79.0 cm³/mol. The average Bonchev–Trinajstić information content (AvgIpc) is 2.47. The molecule has 110 valence electrons. The molecule has 1 heterocycles. The first kappa shape index (κ1) is 15.0. The Hall–Kier alpha value is -2.43. The minimum absolute atomic E-state index is 0.171. The molecule has 0 fully saturated rings. The van der Waals surface area contributed by atoms with Gasteiger partial charge in [-0.05, 0) is 31.5 Å². The number of pyridine rings is 1. The molecular weight excluding hydrogens is 271 g/mol. The van der Waals surface area contributed by atoms with Gasteiger partial charge in [-0.25, -0.2) is 14.2 Å². The lowest BCUT2D eigenvalue weighted by Crippen LogP contribution is -2.11. The van der Waals surface area contributed by atoms with Crippen LogP contribution in [0.25, 0.3) is 0 Å². The minimum atomic E-state index is -1.01. The topological polar surface area (TPSA) is 62.2 Å². The maximum Gasteiger partial charge on any atom is 0.335 e. The second-order valence-corrected chi connectivity index (χ2v) is 4.78. The summed E-state index contributed by atoms with van der Waals surface area (Å²) in [6, 6.07) is 9.16. The molecule has 0 bridgehead atoms. The van der Waals surface area contributed by atoms with E-state index in [0.29, 0.717) is 23.5 Å². The number of anilines is 1. The molecule has 0 saturated carbocycles. The van der Waals surface area contributed by atoms with E-state index in [9.17, 15) is 9.18 Å². The van der Waals surface area contributed by atoms with Gasteiger partial charge in [0.2, 0.25) is 0 Å². The fourth-order valence-corrected chi connectivity index (χ4v) is 2.09. The van der Waals surface area contributed by atoms with Crippen LogP contribution < -0.4 is 5.32 Å². The molecule has 0 spiro atoms. The van der Waals surface area contributed by atoms with Crippen molar-refractivity contribution in [3.8, 4) is 0 Å². The first-order valence-corrected chi connectivity index (χ1v) is 6.76. The second-order valence-electron chi connectivity index (χ2n) is 4.78. The highest BCUT2D eigenvalue weighted by molar-refractivity contribution is 5.88. The molecule has 5 heteroatoms. The number of carboxylic acids is 1. The van der Waals surface area contributed by atoms with Gasteiger partial charge in [0.1, 0.15) is 11.6 Å². The Morgan fingerprint density at radius 3 is 2.71 bits per heavy atom. The summed E-state index contributed by atoms with van der Waals surface area (Å²) in [6.07, 6.45) is 0.629. The molecule has 21 heavy (non-hydrogen) atoms. The molecule has 2 N–H and O–H groups in total. The number of aryl methyl sites for hydroxylation is 1. The number of aromatic carboxylic acids is 1. The van der Waals surface area contributed by atoms with Gasteiger partial charge in [0.15, 0.2) is 0 Å². The summed E-state index contributed by atoms with van der Waals surface area (Å²) in [7, 11) is 0. The summed E-state index contributed by atoms with van der Waals surface area (Å²) < 4.78 is 13.7. The normalized spacial score (nSPS) is 12.0. The molecule has 0 aliphatic heterocycles. The number of carboxylic acid groups (broad SMARTS) is 1. The standard InChI is InChI=1S/C16H17FN2O2/c1-3-12-8-11(16(20)21)9-15(19-12)18-10(2)13-6-4-5-7-14(13)17/h4-10H,3H2,1-2H3,(H,18,19)(H,20,21). The van der Waals surface area contributed by atoms with Crippen molar-refractivity contribution in [3.63, 3.8) is 0 Å². The highest BCUT2D eigenvalue weighted by Crippen LogP contribution is 2.21. The van der Waals surface area contributed by atoms with Gasteiger partial charge in [0.25, 0.3) is 0 Å². The van der Waals surface area contributed by atoms with Crippen LogP contribution in [0, 0.1) is 5.82 Å². The molecule has 4 nitrogen and oxygen atoms in total. The maximum atomic E-state index is 13.7. The predicted octanol–water partition coefficient (Wildman–Crippen LogP) is 3.65. The molecule has 0 amide bonds. The maximum absolute atomic E-state index is 13.7. The van der Waals surface area contributed by atoms with Gasteiger partial charge in [-0.1, -0.05) is 25.1 Å². The number of nitrogens with one attached hydrogen (secondary N) is 1. The summed E-state index contributed by atoms with van der Waals surface area (Å²) in [5.74, 6) is -0.876. The number of rotatable bonds is 5. The summed E-state index contributed by atoms with van der Waals surface area (Å²) in [4.78, 5) is 15.4. The van der Waals surface area contributed by atoms with Crippen molar-refractivity contribution in [2.24, 2.45) is 0 Å². The van der Waals surface area contributed by atoms with Gasteiger partial charge in [0, 0.05) is 11.3 Å². The van der Waals surface area contributed by atoms with Crippen LogP contribution in [0.4, 0.5) is 10.2 Å². The number of benzene rings is 1. The molecule has 0 aliphatic carbocycles. The van der Waals surface area contributed by atoms with Crippen LogP contribution in [0.1, 0.15) is 41.5 Å². The summed E-state index contributed by atoms with van der Waals surface area (Å²) in [5, 5.41) is 12.2. The van der Waals surface area contributed by atoms with Crippen LogP contribution in [0.3, 0.4) is 0 Å². The van der Waals surface area contributed by atoms with Crippen molar-refractivity contribution in [1.82, 2.24) is 4.98 Å². The lowest BCUT2D eigenvalue weighted by atomic mass is 10.1. The van der Waals surface area contributed by atoms with Crippen LogP contribution in [-0.2, 0) is 6.42 Å². The van der Waals surface area contributed by atoms with Gasteiger partial charge in [-0.15, -0.1) is 0 Å². The Labute approximate surface area is 122 Å². The summed E-state index contributed by atoms with van der Waals surface area (Å²) in [5.41, 5.74) is 1.36. The minimum Gasteiger partial charge on any atom is -0.478 e. The first-order valence-electron chi connectivity index (χ1n) is 6.76. The quantitative estimate of drug-likeness (QED) is 0.881. The van der Waals surface area contributed by atoms with Crippen molar-refractivity contribution < 1.29 is 14.3 Å². The third kappa shape index (κ3) is 3.56. The number of nitrogens with zero attached hydrogens (tertiary/aromatic N) is 1. The van der Waals surface area contributed by atoms with Gasteiger partial charge in [-0.3, -0.25) is 0 Å². The molecule has 0 aliphatic rings. The molecule has 1 atom stereocenters. The van der Waals surface area contributed by atoms with Gasteiger partial charge in [-0.2, -0.15) is 0 Å². The molecule has 1 unspecified atom stereocenters. The Balaban J connectivity index is 2.28. The van der Waals surface area contributed by atoms with Crippen LogP contribution in [-0.4, -0.2) is 16.1 Å². The van der Waals surface area contributed by atoms with Crippen LogP contribution >= 0.6 is 0 Å².